The van der Waals surface area contributed by atoms with E-state index in [4.69, 9.17) is 9.68 Å². The number of nitriles is 1. The number of furan rings is 1. The molecule has 0 fully saturated rings. The van der Waals surface area contributed by atoms with Crippen molar-refractivity contribution in [2.24, 2.45) is 0 Å². The number of nitrogens with zero attached hydrogens (tertiary/aromatic N) is 5. The predicted molar refractivity (Wildman–Crippen MR) is 117 cm³/mol. The van der Waals surface area contributed by atoms with Gasteiger partial charge in [0.15, 0.2) is 10.9 Å². The number of aryl methyl sites for hydroxylation is 1. The first-order valence-electron chi connectivity index (χ1n) is 9.54. The van der Waals surface area contributed by atoms with Gasteiger partial charge < -0.3 is 9.32 Å². The number of benzene rings is 1. The van der Waals surface area contributed by atoms with Crippen molar-refractivity contribution in [1.29, 1.82) is 5.26 Å². The summed E-state index contributed by atoms with van der Waals surface area (Å²) in [7, 11) is 0. The molecule has 8 heteroatoms. The van der Waals surface area contributed by atoms with E-state index in [0.29, 0.717) is 29.8 Å². The molecule has 2 heterocycles. The average Bonchev–Trinajstić information content (AvgIpc) is 3.40. The lowest BCUT2D eigenvalue weighted by Crippen LogP contribution is -2.37. The maximum Gasteiger partial charge on any atom is 0.240 e. The lowest BCUT2D eigenvalue weighted by molar-refractivity contribution is -0.117. The number of hydrogen-bond donors (Lipinski definition) is 0. The molecule has 0 aliphatic rings. The van der Waals surface area contributed by atoms with E-state index >= 15 is 0 Å². The highest BCUT2D eigenvalue weighted by Crippen LogP contribution is 2.29. The van der Waals surface area contributed by atoms with E-state index < -0.39 is 5.25 Å². The van der Waals surface area contributed by atoms with Gasteiger partial charge in [0, 0.05) is 18.8 Å². The summed E-state index contributed by atoms with van der Waals surface area (Å²) in [5.74, 6) is 1.10. The van der Waals surface area contributed by atoms with Crippen LogP contribution >= 0.6 is 11.8 Å². The van der Waals surface area contributed by atoms with Gasteiger partial charge in [-0.1, -0.05) is 35.5 Å². The van der Waals surface area contributed by atoms with E-state index in [1.165, 1.54) is 11.8 Å². The Morgan fingerprint density at radius 1 is 1.37 bits per heavy atom. The Bertz CT molecular complexity index is 1030. The van der Waals surface area contributed by atoms with Gasteiger partial charge in [0.2, 0.25) is 11.7 Å². The molecule has 0 radical (unpaired) electrons. The van der Waals surface area contributed by atoms with Crippen LogP contribution in [0.1, 0.15) is 18.9 Å². The van der Waals surface area contributed by atoms with Crippen molar-refractivity contribution >= 4 is 23.4 Å². The normalized spacial score (nSPS) is 11.6. The molecule has 0 saturated carbocycles. The van der Waals surface area contributed by atoms with Gasteiger partial charge in [-0.15, -0.1) is 16.8 Å². The number of carbonyl (C=O) groups excluding carboxylic acids is 1. The molecule has 3 rings (SSSR count). The van der Waals surface area contributed by atoms with Crippen molar-refractivity contribution in [3.63, 3.8) is 0 Å². The number of thioether (sulfide) groups is 1. The fourth-order valence-corrected chi connectivity index (χ4v) is 3.86. The average molecular weight is 422 g/mol. The molecule has 1 unspecified atom stereocenters. The summed E-state index contributed by atoms with van der Waals surface area (Å²) < 4.78 is 7.32. The lowest BCUT2D eigenvalue weighted by Gasteiger charge is -2.25. The van der Waals surface area contributed by atoms with Crippen LogP contribution < -0.4 is 4.90 Å². The van der Waals surface area contributed by atoms with E-state index in [1.54, 1.807) is 23.3 Å². The summed E-state index contributed by atoms with van der Waals surface area (Å²) in [6.45, 7) is 8.45. The molecule has 1 atom stereocenters. The van der Waals surface area contributed by atoms with Crippen molar-refractivity contribution < 1.29 is 9.21 Å². The summed E-state index contributed by atoms with van der Waals surface area (Å²) in [5, 5.41) is 17.7. The third-order valence-corrected chi connectivity index (χ3v) is 5.53. The molecule has 1 amide bonds. The Labute approximate surface area is 180 Å². The molecule has 30 heavy (non-hydrogen) atoms. The minimum Gasteiger partial charge on any atom is -0.461 e. The number of amides is 1. The Balaban J connectivity index is 1.83. The summed E-state index contributed by atoms with van der Waals surface area (Å²) >= 11 is 1.32. The first-order chi connectivity index (χ1) is 14.5. The van der Waals surface area contributed by atoms with Crippen LogP contribution in [0.2, 0.25) is 0 Å². The smallest absolute Gasteiger partial charge is 0.240 e. The van der Waals surface area contributed by atoms with Gasteiger partial charge in [-0.2, -0.15) is 5.26 Å². The zero-order chi connectivity index (χ0) is 21.5. The highest BCUT2D eigenvalue weighted by Gasteiger charge is 2.26. The molecule has 0 N–H and O–H groups in total. The van der Waals surface area contributed by atoms with Crippen LogP contribution in [0, 0.1) is 18.3 Å². The van der Waals surface area contributed by atoms with E-state index in [-0.39, 0.29) is 12.3 Å². The third kappa shape index (κ3) is 4.81. The summed E-state index contributed by atoms with van der Waals surface area (Å²) in [4.78, 5) is 14.9. The molecule has 154 valence electrons. The van der Waals surface area contributed by atoms with Gasteiger partial charge in [-0.3, -0.25) is 9.36 Å². The molecule has 0 saturated heterocycles. The zero-order valence-corrected chi connectivity index (χ0v) is 17.8. The predicted octanol–water partition coefficient (Wildman–Crippen LogP) is 4.46. The van der Waals surface area contributed by atoms with Crippen molar-refractivity contribution in [1.82, 2.24) is 14.8 Å². The van der Waals surface area contributed by atoms with E-state index in [2.05, 4.69) is 22.8 Å². The molecule has 1 aromatic carbocycles. The van der Waals surface area contributed by atoms with Gasteiger partial charge in [0.25, 0.3) is 0 Å². The van der Waals surface area contributed by atoms with Gasteiger partial charge in [0.05, 0.1) is 24.0 Å². The molecule has 0 spiro atoms. The number of carbonyl (C=O) groups is 1. The van der Waals surface area contributed by atoms with Crippen molar-refractivity contribution in [3.05, 3.63) is 60.9 Å². The van der Waals surface area contributed by atoms with Crippen LogP contribution in [0.4, 0.5) is 5.69 Å². The van der Waals surface area contributed by atoms with Gasteiger partial charge in [0.1, 0.15) is 0 Å². The second-order valence-corrected chi connectivity index (χ2v) is 7.98. The number of anilines is 1. The number of allylic oxidation sites excluding steroid dienone is 1. The number of aromatic nitrogens is 3. The highest BCUT2D eigenvalue weighted by atomic mass is 32.2. The number of hydrogen-bond acceptors (Lipinski definition) is 6. The maximum absolute atomic E-state index is 13.2. The van der Waals surface area contributed by atoms with Gasteiger partial charge in [-0.25, -0.2) is 0 Å². The maximum atomic E-state index is 13.2. The first-order valence-corrected chi connectivity index (χ1v) is 10.4. The minimum atomic E-state index is -0.429. The standard InChI is InChI=1S/C22H23N5O2S/c1-4-13-27-20(19-7-5-15-29-19)24-25-22(27)30-17(3)21(28)26(14-6-12-23)18-10-8-16(2)9-11-18/h4-5,7-11,15,17H,1,6,13-14H2,2-3H3. The van der Waals surface area contributed by atoms with Crippen LogP contribution in [0.15, 0.2) is 64.9 Å². The minimum absolute atomic E-state index is 0.0909. The van der Waals surface area contributed by atoms with Gasteiger partial charge in [-0.05, 0) is 38.1 Å². The van der Waals surface area contributed by atoms with Crippen LogP contribution in [0.3, 0.4) is 0 Å². The fraction of sp³-hybridized carbons (Fsp3) is 0.273. The quantitative estimate of drug-likeness (QED) is 0.374. The SMILES string of the molecule is C=CCn1c(SC(C)C(=O)N(CCC#N)c2ccc(C)cc2)nnc1-c1ccco1. The van der Waals surface area contributed by atoms with Crippen LogP contribution in [-0.4, -0.2) is 32.5 Å². The molecule has 2 aromatic heterocycles. The van der Waals surface area contributed by atoms with Crippen LogP contribution in [0.5, 0.6) is 0 Å². The summed E-state index contributed by atoms with van der Waals surface area (Å²) in [6.07, 6.45) is 3.58. The lowest BCUT2D eigenvalue weighted by atomic mass is 10.2. The van der Waals surface area contributed by atoms with Crippen molar-refractivity contribution in [2.45, 2.75) is 37.2 Å². The molecule has 0 aliphatic carbocycles. The van der Waals surface area contributed by atoms with Crippen LogP contribution in [-0.2, 0) is 11.3 Å². The van der Waals surface area contributed by atoms with E-state index in [9.17, 15) is 4.79 Å². The first kappa shape index (κ1) is 21.4. The Kier molecular flexibility index (Phi) is 7.09. The molecule has 3 aromatic rings. The van der Waals surface area contributed by atoms with Gasteiger partial charge >= 0.3 is 0 Å². The zero-order valence-electron chi connectivity index (χ0n) is 17.0. The highest BCUT2D eigenvalue weighted by molar-refractivity contribution is 8.00. The third-order valence-electron chi connectivity index (χ3n) is 4.46. The van der Waals surface area contributed by atoms with Crippen molar-refractivity contribution in [2.75, 3.05) is 11.4 Å². The van der Waals surface area contributed by atoms with Crippen molar-refractivity contribution in [3.8, 4) is 17.7 Å². The summed E-state index contributed by atoms with van der Waals surface area (Å²) in [6, 6.07) is 13.4. The largest absolute Gasteiger partial charge is 0.461 e. The van der Waals surface area contributed by atoms with E-state index in [1.807, 2.05) is 48.7 Å². The summed E-state index contributed by atoms with van der Waals surface area (Å²) in [5.41, 5.74) is 1.88. The Morgan fingerprint density at radius 3 is 2.77 bits per heavy atom. The Morgan fingerprint density at radius 2 is 2.13 bits per heavy atom. The second kappa shape index (κ2) is 9.94. The fourth-order valence-electron chi connectivity index (χ4n) is 2.94. The molecule has 7 nitrogen and oxygen atoms in total. The molecule has 0 bridgehead atoms. The molecule has 0 aliphatic heterocycles. The second-order valence-electron chi connectivity index (χ2n) is 6.68. The van der Waals surface area contributed by atoms with Crippen LogP contribution in [0.25, 0.3) is 11.6 Å². The van der Waals surface area contributed by atoms with E-state index in [0.717, 1.165) is 11.3 Å². The molecular formula is C22H23N5O2S. The number of rotatable bonds is 9. The monoisotopic (exact) mass is 421 g/mol. The Hall–Kier alpha value is -3.31. The molecular weight excluding hydrogens is 398 g/mol. The topological polar surface area (TPSA) is 88.0 Å².